The van der Waals surface area contributed by atoms with Crippen LogP contribution in [-0.2, 0) is 0 Å². The largest absolute Gasteiger partial charge is 0.366 e. The average Bonchev–Trinajstić information content (AvgIpc) is 2.56. The maximum absolute atomic E-state index is 13.8. The van der Waals surface area contributed by atoms with Crippen molar-refractivity contribution in [2.45, 2.75) is 38.1 Å². The van der Waals surface area contributed by atoms with Crippen molar-refractivity contribution in [3.63, 3.8) is 0 Å². The van der Waals surface area contributed by atoms with Crippen LogP contribution in [0.25, 0.3) is 0 Å². The minimum atomic E-state index is -0.192. The van der Waals surface area contributed by atoms with Gasteiger partial charge in [0.25, 0.3) is 0 Å². The fourth-order valence-corrected chi connectivity index (χ4v) is 3.37. The molecule has 2 amide bonds. The Balaban J connectivity index is 1.51. The van der Waals surface area contributed by atoms with Crippen LogP contribution < -0.4 is 10.2 Å². The Morgan fingerprint density at radius 2 is 1.73 bits per heavy atom. The number of hydrogen-bond donors (Lipinski definition) is 1. The summed E-state index contributed by atoms with van der Waals surface area (Å²) in [7, 11) is 0. The van der Waals surface area contributed by atoms with Gasteiger partial charge in [0.15, 0.2) is 0 Å². The summed E-state index contributed by atoms with van der Waals surface area (Å²) in [6, 6.07) is 7.21. The van der Waals surface area contributed by atoms with E-state index in [0.717, 1.165) is 12.8 Å². The van der Waals surface area contributed by atoms with Crippen LogP contribution in [0, 0.1) is 5.82 Å². The minimum absolute atomic E-state index is 0.0417. The zero-order valence-corrected chi connectivity index (χ0v) is 12.9. The number of urea groups is 1. The van der Waals surface area contributed by atoms with Crippen LogP contribution in [0.5, 0.6) is 0 Å². The molecule has 0 unspecified atom stereocenters. The third-order valence-corrected chi connectivity index (χ3v) is 4.69. The molecule has 1 saturated heterocycles. The molecule has 1 aliphatic carbocycles. The molecule has 1 aromatic carbocycles. The van der Waals surface area contributed by atoms with E-state index in [9.17, 15) is 9.18 Å². The number of carbonyl (C=O) groups is 1. The highest BCUT2D eigenvalue weighted by molar-refractivity contribution is 5.75. The number of rotatable bonds is 2. The third kappa shape index (κ3) is 3.51. The van der Waals surface area contributed by atoms with E-state index in [1.165, 1.54) is 25.3 Å². The molecular formula is C17H24FN3O. The molecule has 5 heteroatoms. The molecule has 0 radical (unpaired) electrons. The van der Waals surface area contributed by atoms with Crippen LogP contribution in [0.3, 0.4) is 0 Å². The van der Waals surface area contributed by atoms with Crippen molar-refractivity contribution in [3.8, 4) is 0 Å². The van der Waals surface area contributed by atoms with Gasteiger partial charge in [0.05, 0.1) is 5.69 Å². The van der Waals surface area contributed by atoms with Crippen molar-refractivity contribution >= 4 is 11.7 Å². The molecule has 0 aromatic heterocycles. The van der Waals surface area contributed by atoms with Gasteiger partial charge in [-0.1, -0.05) is 31.4 Å². The molecule has 0 bridgehead atoms. The lowest BCUT2D eigenvalue weighted by Crippen LogP contribution is -2.53. The summed E-state index contributed by atoms with van der Waals surface area (Å²) in [6.07, 6.45) is 5.91. The van der Waals surface area contributed by atoms with Gasteiger partial charge < -0.3 is 15.1 Å². The number of hydrogen-bond acceptors (Lipinski definition) is 2. The van der Waals surface area contributed by atoms with Gasteiger partial charge in [-0.3, -0.25) is 0 Å². The molecule has 1 aromatic rings. The van der Waals surface area contributed by atoms with E-state index in [1.54, 1.807) is 12.1 Å². The molecule has 0 atom stereocenters. The van der Waals surface area contributed by atoms with E-state index < -0.39 is 0 Å². The second kappa shape index (κ2) is 6.99. The first-order valence-corrected chi connectivity index (χ1v) is 8.29. The highest BCUT2D eigenvalue weighted by atomic mass is 19.1. The Morgan fingerprint density at radius 1 is 1.05 bits per heavy atom. The van der Waals surface area contributed by atoms with Crippen molar-refractivity contribution in [2.24, 2.45) is 0 Å². The van der Waals surface area contributed by atoms with Gasteiger partial charge in [-0.25, -0.2) is 9.18 Å². The Kier molecular flexibility index (Phi) is 4.80. The molecule has 1 heterocycles. The SMILES string of the molecule is O=C(NC1CCCCC1)N1CCN(c2ccccc2F)CC1. The predicted octanol–water partition coefficient (Wildman–Crippen LogP) is 2.99. The van der Waals surface area contributed by atoms with Crippen LogP contribution >= 0.6 is 0 Å². The van der Waals surface area contributed by atoms with Crippen LogP contribution in [-0.4, -0.2) is 43.2 Å². The maximum atomic E-state index is 13.8. The summed E-state index contributed by atoms with van der Waals surface area (Å²) in [5.41, 5.74) is 0.634. The molecule has 3 rings (SSSR count). The summed E-state index contributed by atoms with van der Waals surface area (Å²) in [4.78, 5) is 16.2. The highest BCUT2D eigenvalue weighted by Crippen LogP contribution is 2.21. The molecule has 22 heavy (non-hydrogen) atoms. The molecule has 120 valence electrons. The second-order valence-electron chi connectivity index (χ2n) is 6.21. The number of carbonyl (C=O) groups excluding carboxylic acids is 1. The topological polar surface area (TPSA) is 35.6 Å². The van der Waals surface area contributed by atoms with Gasteiger partial charge >= 0.3 is 6.03 Å². The number of nitrogens with one attached hydrogen (secondary N) is 1. The zero-order chi connectivity index (χ0) is 15.4. The normalized spacial score (nSPS) is 20.0. The predicted molar refractivity (Wildman–Crippen MR) is 85.6 cm³/mol. The lowest BCUT2D eigenvalue weighted by atomic mass is 9.96. The number of nitrogens with zero attached hydrogens (tertiary/aromatic N) is 2. The van der Waals surface area contributed by atoms with E-state index in [-0.39, 0.29) is 11.8 Å². The van der Waals surface area contributed by atoms with Gasteiger partial charge in [-0.15, -0.1) is 0 Å². The molecule has 4 nitrogen and oxygen atoms in total. The molecule has 2 fully saturated rings. The fraction of sp³-hybridized carbons (Fsp3) is 0.588. The van der Waals surface area contributed by atoms with Crippen LogP contribution in [0.2, 0.25) is 0 Å². The Morgan fingerprint density at radius 3 is 2.41 bits per heavy atom. The van der Waals surface area contributed by atoms with E-state index >= 15 is 0 Å². The molecule has 0 spiro atoms. The van der Waals surface area contributed by atoms with Gasteiger partial charge in [-0.05, 0) is 25.0 Å². The summed E-state index contributed by atoms with van der Waals surface area (Å²) in [5, 5.41) is 3.15. The maximum Gasteiger partial charge on any atom is 0.317 e. The number of anilines is 1. The van der Waals surface area contributed by atoms with E-state index in [2.05, 4.69) is 5.32 Å². The number of benzene rings is 1. The van der Waals surface area contributed by atoms with E-state index in [1.807, 2.05) is 15.9 Å². The summed E-state index contributed by atoms with van der Waals surface area (Å²) >= 11 is 0. The Hall–Kier alpha value is -1.78. The van der Waals surface area contributed by atoms with Crippen molar-refractivity contribution in [1.29, 1.82) is 0 Å². The minimum Gasteiger partial charge on any atom is -0.366 e. The molecule has 1 aliphatic heterocycles. The average molecular weight is 305 g/mol. The fourth-order valence-electron chi connectivity index (χ4n) is 3.37. The molecular weight excluding hydrogens is 281 g/mol. The number of para-hydroxylation sites is 1. The lowest BCUT2D eigenvalue weighted by Gasteiger charge is -2.37. The number of piperazine rings is 1. The zero-order valence-electron chi connectivity index (χ0n) is 12.9. The van der Waals surface area contributed by atoms with Crippen molar-refractivity contribution in [3.05, 3.63) is 30.1 Å². The first-order chi connectivity index (χ1) is 10.7. The number of amides is 2. The van der Waals surface area contributed by atoms with Crippen LogP contribution in [0.15, 0.2) is 24.3 Å². The summed E-state index contributed by atoms with van der Waals surface area (Å²) in [6.45, 7) is 2.65. The quantitative estimate of drug-likeness (QED) is 0.912. The van der Waals surface area contributed by atoms with Gasteiger partial charge in [0, 0.05) is 32.2 Å². The third-order valence-electron chi connectivity index (χ3n) is 4.69. The highest BCUT2D eigenvalue weighted by Gasteiger charge is 2.24. The van der Waals surface area contributed by atoms with Crippen molar-refractivity contribution in [2.75, 3.05) is 31.1 Å². The summed E-state index contributed by atoms with van der Waals surface area (Å²) < 4.78 is 13.8. The van der Waals surface area contributed by atoms with Crippen molar-refractivity contribution < 1.29 is 9.18 Å². The number of halogens is 1. The lowest BCUT2D eigenvalue weighted by molar-refractivity contribution is 0.186. The van der Waals surface area contributed by atoms with E-state index in [4.69, 9.17) is 0 Å². The Bertz CT molecular complexity index is 508. The van der Waals surface area contributed by atoms with Crippen LogP contribution in [0.4, 0.5) is 14.9 Å². The first-order valence-electron chi connectivity index (χ1n) is 8.29. The van der Waals surface area contributed by atoms with Crippen molar-refractivity contribution in [1.82, 2.24) is 10.2 Å². The smallest absolute Gasteiger partial charge is 0.317 e. The second-order valence-corrected chi connectivity index (χ2v) is 6.21. The molecule has 1 N–H and O–H groups in total. The first kappa shape index (κ1) is 15.1. The Labute approximate surface area is 131 Å². The molecule has 1 saturated carbocycles. The van der Waals surface area contributed by atoms with Gasteiger partial charge in [-0.2, -0.15) is 0 Å². The summed E-state index contributed by atoms with van der Waals surface area (Å²) in [5.74, 6) is -0.192. The monoisotopic (exact) mass is 305 g/mol. The van der Waals surface area contributed by atoms with Crippen LogP contribution in [0.1, 0.15) is 32.1 Å². The molecule has 2 aliphatic rings. The van der Waals surface area contributed by atoms with Gasteiger partial charge in [0.1, 0.15) is 5.82 Å². The van der Waals surface area contributed by atoms with E-state index in [0.29, 0.717) is 37.9 Å². The standard InChI is InChI=1S/C17H24FN3O/c18-15-8-4-5-9-16(15)20-10-12-21(13-11-20)17(22)19-14-6-2-1-3-7-14/h4-5,8-9,14H,1-3,6-7,10-13H2,(H,19,22). The van der Waals surface area contributed by atoms with Gasteiger partial charge in [0.2, 0.25) is 0 Å².